The fourth-order valence-electron chi connectivity index (χ4n) is 1.23. The van der Waals surface area contributed by atoms with Crippen LogP contribution in [-0.4, -0.2) is 15.5 Å². The summed E-state index contributed by atoms with van der Waals surface area (Å²) in [7, 11) is 0. The molecule has 0 N–H and O–H groups in total. The Hall–Kier alpha value is -0.700. The summed E-state index contributed by atoms with van der Waals surface area (Å²) in [5.41, 5.74) is 1.17. The van der Waals surface area contributed by atoms with Gasteiger partial charge >= 0.3 is 0 Å². The highest BCUT2D eigenvalue weighted by Crippen LogP contribution is 2.04. The molecule has 1 rings (SSSR count). The van der Waals surface area contributed by atoms with E-state index in [1.807, 2.05) is 10.9 Å². The number of nitrogens with zero attached hydrogens (tertiary/aromatic N) is 2. The summed E-state index contributed by atoms with van der Waals surface area (Å²) in [6, 6.07) is 0. The van der Waals surface area contributed by atoms with Gasteiger partial charge in [-0.25, -0.2) is 0 Å². The summed E-state index contributed by atoms with van der Waals surface area (Å²) in [4.78, 5) is 0. The number of hydrogen-bond donors (Lipinski definition) is 1. The SMILES string of the molecule is CC(C)Cn1cc(C=CCCS)cn1. The number of allylic oxidation sites excluding steroid dienone is 1. The molecule has 3 heteroatoms. The van der Waals surface area contributed by atoms with Gasteiger partial charge in [-0.2, -0.15) is 17.7 Å². The molecule has 2 nitrogen and oxygen atoms in total. The van der Waals surface area contributed by atoms with Crippen LogP contribution in [0.1, 0.15) is 25.8 Å². The Morgan fingerprint density at radius 2 is 2.36 bits per heavy atom. The van der Waals surface area contributed by atoms with Gasteiger partial charge in [0.15, 0.2) is 0 Å². The highest BCUT2D eigenvalue weighted by atomic mass is 32.1. The zero-order chi connectivity index (χ0) is 10.4. The molecule has 0 radical (unpaired) electrons. The second-order valence-corrected chi connectivity index (χ2v) is 4.25. The van der Waals surface area contributed by atoms with Crippen molar-refractivity contribution < 1.29 is 0 Å². The van der Waals surface area contributed by atoms with Gasteiger partial charge in [0.25, 0.3) is 0 Å². The lowest BCUT2D eigenvalue weighted by Crippen LogP contribution is -2.03. The largest absolute Gasteiger partial charge is 0.272 e. The number of rotatable bonds is 5. The average Bonchev–Trinajstić information content (AvgIpc) is 2.52. The molecular formula is C11H18N2S. The van der Waals surface area contributed by atoms with E-state index in [2.05, 4.69) is 49.9 Å². The molecule has 1 aromatic heterocycles. The molecule has 0 spiro atoms. The van der Waals surface area contributed by atoms with Gasteiger partial charge in [-0.15, -0.1) is 0 Å². The van der Waals surface area contributed by atoms with E-state index in [9.17, 15) is 0 Å². The molecule has 1 heterocycles. The zero-order valence-electron chi connectivity index (χ0n) is 8.85. The van der Waals surface area contributed by atoms with Crippen LogP contribution in [-0.2, 0) is 6.54 Å². The van der Waals surface area contributed by atoms with Crippen LogP contribution in [0.25, 0.3) is 6.08 Å². The summed E-state index contributed by atoms with van der Waals surface area (Å²) in [5.74, 6) is 1.54. The Morgan fingerprint density at radius 1 is 1.57 bits per heavy atom. The first-order chi connectivity index (χ1) is 6.72. The van der Waals surface area contributed by atoms with E-state index in [1.165, 1.54) is 5.56 Å². The molecule has 0 saturated carbocycles. The lowest BCUT2D eigenvalue weighted by atomic mass is 10.2. The minimum absolute atomic E-state index is 0.643. The molecule has 0 aliphatic heterocycles. The normalized spacial score (nSPS) is 11.7. The predicted molar refractivity (Wildman–Crippen MR) is 64.6 cm³/mol. The van der Waals surface area contributed by atoms with Crippen molar-refractivity contribution in [2.75, 3.05) is 5.75 Å². The van der Waals surface area contributed by atoms with Gasteiger partial charge in [0.2, 0.25) is 0 Å². The second kappa shape index (κ2) is 5.91. The number of thiol groups is 1. The van der Waals surface area contributed by atoms with Crippen molar-refractivity contribution in [3.63, 3.8) is 0 Å². The summed E-state index contributed by atoms with van der Waals surface area (Å²) < 4.78 is 1.99. The Labute approximate surface area is 91.4 Å². The summed E-state index contributed by atoms with van der Waals surface area (Å²) in [6.45, 7) is 5.37. The first-order valence-corrected chi connectivity index (χ1v) is 5.65. The van der Waals surface area contributed by atoms with Crippen LogP contribution < -0.4 is 0 Å². The van der Waals surface area contributed by atoms with Gasteiger partial charge in [-0.3, -0.25) is 4.68 Å². The van der Waals surface area contributed by atoms with Crippen LogP contribution >= 0.6 is 12.6 Å². The van der Waals surface area contributed by atoms with Crippen molar-refractivity contribution in [1.82, 2.24) is 9.78 Å². The molecule has 0 atom stereocenters. The predicted octanol–water partition coefficient (Wildman–Crippen LogP) is 2.87. The molecule has 0 saturated heterocycles. The topological polar surface area (TPSA) is 17.8 Å². The van der Waals surface area contributed by atoms with Crippen LogP contribution in [0.3, 0.4) is 0 Å². The highest BCUT2D eigenvalue weighted by Gasteiger charge is 1.97. The maximum absolute atomic E-state index is 4.28. The van der Waals surface area contributed by atoms with Gasteiger partial charge in [0.05, 0.1) is 6.20 Å². The summed E-state index contributed by atoms with van der Waals surface area (Å²) >= 11 is 4.15. The molecule has 1 aromatic rings. The third kappa shape index (κ3) is 4.01. The van der Waals surface area contributed by atoms with Crippen molar-refractivity contribution in [2.24, 2.45) is 5.92 Å². The molecule has 0 unspecified atom stereocenters. The van der Waals surface area contributed by atoms with Crippen molar-refractivity contribution in [3.05, 3.63) is 24.0 Å². The monoisotopic (exact) mass is 210 g/mol. The molecule has 78 valence electrons. The first kappa shape index (κ1) is 11.4. The fourth-order valence-corrected chi connectivity index (χ4v) is 1.38. The van der Waals surface area contributed by atoms with Gasteiger partial charge in [-0.05, 0) is 18.1 Å². The van der Waals surface area contributed by atoms with Crippen molar-refractivity contribution >= 4 is 18.7 Å². The first-order valence-electron chi connectivity index (χ1n) is 5.02. The standard InChI is InChI=1S/C11H18N2S/c1-10(2)8-13-9-11(7-12-13)5-3-4-6-14/h3,5,7,9-10,14H,4,6,8H2,1-2H3. The van der Waals surface area contributed by atoms with Gasteiger partial charge in [0, 0.05) is 18.3 Å². The Balaban J connectivity index is 2.50. The Morgan fingerprint density at radius 3 is 3.00 bits per heavy atom. The Kier molecular flexibility index (Phi) is 4.80. The zero-order valence-corrected chi connectivity index (χ0v) is 9.74. The summed E-state index contributed by atoms with van der Waals surface area (Å²) in [6.07, 6.45) is 9.22. The van der Waals surface area contributed by atoms with Gasteiger partial charge in [-0.1, -0.05) is 26.0 Å². The van der Waals surface area contributed by atoms with E-state index in [1.54, 1.807) is 0 Å². The van der Waals surface area contributed by atoms with Crippen molar-refractivity contribution in [1.29, 1.82) is 0 Å². The third-order valence-corrected chi connectivity index (χ3v) is 2.07. The Bertz CT molecular complexity index is 289. The van der Waals surface area contributed by atoms with E-state index in [0.717, 1.165) is 18.7 Å². The van der Waals surface area contributed by atoms with Crippen molar-refractivity contribution in [2.45, 2.75) is 26.8 Å². The smallest absolute Gasteiger partial charge is 0.0562 e. The molecule has 0 aliphatic rings. The lowest BCUT2D eigenvalue weighted by Gasteiger charge is -2.02. The van der Waals surface area contributed by atoms with Crippen LogP contribution in [0.4, 0.5) is 0 Å². The van der Waals surface area contributed by atoms with Crippen LogP contribution in [0.15, 0.2) is 18.5 Å². The molecular weight excluding hydrogens is 192 g/mol. The molecule has 0 bridgehead atoms. The lowest BCUT2D eigenvalue weighted by molar-refractivity contribution is 0.483. The van der Waals surface area contributed by atoms with E-state index >= 15 is 0 Å². The van der Waals surface area contributed by atoms with E-state index in [-0.39, 0.29) is 0 Å². The second-order valence-electron chi connectivity index (χ2n) is 3.80. The van der Waals surface area contributed by atoms with Crippen LogP contribution in [0.5, 0.6) is 0 Å². The average molecular weight is 210 g/mol. The quantitative estimate of drug-likeness (QED) is 0.740. The number of hydrogen-bond acceptors (Lipinski definition) is 2. The highest BCUT2D eigenvalue weighted by molar-refractivity contribution is 7.80. The minimum Gasteiger partial charge on any atom is -0.272 e. The number of aromatic nitrogens is 2. The minimum atomic E-state index is 0.643. The molecule has 0 fully saturated rings. The maximum Gasteiger partial charge on any atom is 0.0562 e. The molecule has 14 heavy (non-hydrogen) atoms. The van der Waals surface area contributed by atoms with E-state index in [4.69, 9.17) is 0 Å². The fraction of sp³-hybridized carbons (Fsp3) is 0.545. The van der Waals surface area contributed by atoms with Crippen LogP contribution in [0, 0.1) is 5.92 Å². The molecule has 0 aliphatic carbocycles. The van der Waals surface area contributed by atoms with Crippen molar-refractivity contribution in [3.8, 4) is 0 Å². The van der Waals surface area contributed by atoms with Crippen LogP contribution in [0.2, 0.25) is 0 Å². The van der Waals surface area contributed by atoms with Gasteiger partial charge in [0.1, 0.15) is 0 Å². The van der Waals surface area contributed by atoms with E-state index in [0.29, 0.717) is 5.92 Å². The molecule has 0 amide bonds. The third-order valence-electron chi connectivity index (χ3n) is 1.81. The maximum atomic E-state index is 4.28. The summed E-state index contributed by atoms with van der Waals surface area (Å²) in [5, 5.41) is 4.28. The molecule has 0 aromatic carbocycles. The van der Waals surface area contributed by atoms with Gasteiger partial charge < -0.3 is 0 Å². The van der Waals surface area contributed by atoms with E-state index < -0.39 is 0 Å².